The molecule has 5 nitrogen and oxygen atoms in total. The van der Waals surface area contributed by atoms with Crippen LogP contribution in [-0.2, 0) is 11.2 Å². The van der Waals surface area contributed by atoms with Gasteiger partial charge in [-0.1, -0.05) is 5.16 Å². The number of rotatable bonds is 4. The van der Waals surface area contributed by atoms with Crippen LogP contribution in [0.4, 0.5) is 0 Å². The first-order valence-corrected chi connectivity index (χ1v) is 5.99. The molecular formula is C11H17N3O2. The van der Waals surface area contributed by atoms with Gasteiger partial charge in [-0.05, 0) is 31.1 Å². The highest BCUT2D eigenvalue weighted by Gasteiger charge is 2.33. The van der Waals surface area contributed by atoms with Crippen molar-refractivity contribution >= 4 is 0 Å². The number of nitrogens with zero attached hydrogens (tertiary/aromatic N) is 2. The Morgan fingerprint density at radius 1 is 1.38 bits per heavy atom. The summed E-state index contributed by atoms with van der Waals surface area (Å²) < 4.78 is 10.5. The van der Waals surface area contributed by atoms with E-state index in [2.05, 4.69) is 10.1 Å². The minimum absolute atomic E-state index is 0.0546. The second-order valence-corrected chi connectivity index (χ2v) is 4.85. The lowest BCUT2D eigenvalue weighted by molar-refractivity contribution is 0.185. The van der Waals surface area contributed by atoms with E-state index in [1.54, 1.807) is 0 Å². The fraction of sp³-hybridized carbons (Fsp3) is 0.818. The smallest absolute Gasteiger partial charge is 0.243 e. The Morgan fingerprint density at radius 3 is 2.94 bits per heavy atom. The molecule has 1 saturated heterocycles. The van der Waals surface area contributed by atoms with Crippen LogP contribution in [0.1, 0.15) is 37.0 Å². The second-order valence-electron chi connectivity index (χ2n) is 4.85. The Labute approximate surface area is 94.3 Å². The van der Waals surface area contributed by atoms with Crippen molar-refractivity contribution in [2.45, 2.75) is 31.7 Å². The summed E-state index contributed by atoms with van der Waals surface area (Å²) in [6, 6.07) is -0.0546. The van der Waals surface area contributed by atoms with Crippen molar-refractivity contribution in [3.05, 3.63) is 11.7 Å². The van der Waals surface area contributed by atoms with E-state index in [4.69, 9.17) is 15.0 Å². The number of hydrogen-bond acceptors (Lipinski definition) is 5. The molecule has 0 aromatic carbocycles. The van der Waals surface area contributed by atoms with Gasteiger partial charge in [-0.2, -0.15) is 4.98 Å². The van der Waals surface area contributed by atoms with Gasteiger partial charge in [0.2, 0.25) is 5.89 Å². The first-order valence-electron chi connectivity index (χ1n) is 5.99. The zero-order valence-electron chi connectivity index (χ0n) is 9.26. The predicted molar refractivity (Wildman–Crippen MR) is 56.6 cm³/mol. The van der Waals surface area contributed by atoms with E-state index in [1.807, 2.05) is 0 Å². The van der Waals surface area contributed by atoms with Gasteiger partial charge in [0.05, 0.1) is 6.04 Å². The summed E-state index contributed by atoms with van der Waals surface area (Å²) in [5, 5.41) is 3.99. The first kappa shape index (κ1) is 10.2. The molecule has 88 valence electrons. The van der Waals surface area contributed by atoms with Crippen molar-refractivity contribution in [2.75, 3.05) is 13.2 Å². The average Bonchev–Trinajstić information content (AvgIpc) is 2.82. The van der Waals surface area contributed by atoms with E-state index in [1.165, 1.54) is 12.8 Å². The predicted octanol–water partition coefficient (Wildman–Crippen LogP) is 1.06. The van der Waals surface area contributed by atoms with Crippen molar-refractivity contribution in [1.29, 1.82) is 0 Å². The molecule has 0 bridgehead atoms. The average molecular weight is 223 g/mol. The molecule has 1 saturated carbocycles. The molecule has 1 aromatic rings. The van der Waals surface area contributed by atoms with E-state index in [0.717, 1.165) is 31.9 Å². The van der Waals surface area contributed by atoms with Crippen LogP contribution in [0.15, 0.2) is 4.52 Å². The standard InChI is InChI=1S/C11H17N3O2/c12-10(8-1-2-8)11-13-9(14-16-11)5-7-3-4-15-6-7/h7-8,10H,1-6,12H2. The lowest BCUT2D eigenvalue weighted by Gasteiger charge is -2.02. The molecule has 2 N–H and O–H groups in total. The van der Waals surface area contributed by atoms with Crippen LogP contribution in [0.5, 0.6) is 0 Å². The van der Waals surface area contributed by atoms with Gasteiger partial charge in [0.15, 0.2) is 5.82 Å². The number of ether oxygens (including phenoxy) is 1. The third-order valence-electron chi connectivity index (χ3n) is 3.39. The minimum atomic E-state index is -0.0546. The fourth-order valence-corrected chi connectivity index (χ4v) is 2.15. The van der Waals surface area contributed by atoms with E-state index in [9.17, 15) is 0 Å². The molecule has 0 radical (unpaired) electrons. The molecule has 0 amide bonds. The van der Waals surface area contributed by atoms with Crippen LogP contribution < -0.4 is 5.73 Å². The van der Waals surface area contributed by atoms with Gasteiger partial charge in [-0.3, -0.25) is 0 Å². The maximum Gasteiger partial charge on any atom is 0.243 e. The third-order valence-corrected chi connectivity index (χ3v) is 3.39. The van der Waals surface area contributed by atoms with Crippen molar-refractivity contribution in [2.24, 2.45) is 17.6 Å². The summed E-state index contributed by atoms with van der Waals surface area (Å²) in [5.41, 5.74) is 6.00. The number of nitrogens with two attached hydrogens (primary N) is 1. The summed E-state index contributed by atoms with van der Waals surface area (Å²) in [5.74, 6) is 2.49. The topological polar surface area (TPSA) is 74.2 Å². The first-order chi connectivity index (χ1) is 7.83. The Morgan fingerprint density at radius 2 is 2.25 bits per heavy atom. The molecule has 1 aliphatic heterocycles. The monoisotopic (exact) mass is 223 g/mol. The summed E-state index contributed by atoms with van der Waals surface area (Å²) in [6.45, 7) is 1.68. The van der Waals surface area contributed by atoms with Gasteiger partial charge in [-0.15, -0.1) is 0 Å². The van der Waals surface area contributed by atoms with Gasteiger partial charge in [-0.25, -0.2) is 0 Å². The lowest BCUT2D eigenvalue weighted by Crippen LogP contribution is -2.13. The van der Waals surface area contributed by atoms with E-state index < -0.39 is 0 Å². The molecule has 5 heteroatoms. The van der Waals surface area contributed by atoms with Crippen molar-refractivity contribution in [3.63, 3.8) is 0 Å². The van der Waals surface area contributed by atoms with Crippen LogP contribution in [-0.4, -0.2) is 23.4 Å². The van der Waals surface area contributed by atoms with E-state index >= 15 is 0 Å². The van der Waals surface area contributed by atoms with E-state index in [0.29, 0.717) is 17.7 Å². The summed E-state index contributed by atoms with van der Waals surface area (Å²) in [6.07, 6.45) is 4.32. The fourth-order valence-electron chi connectivity index (χ4n) is 2.15. The zero-order valence-corrected chi connectivity index (χ0v) is 9.26. The lowest BCUT2D eigenvalue weighted by atomic mass is 10.1. The Bertz CT molecular complexity index is 356. The third kappa shape index (κ3) is 2.10. The number of aromatic nitrogens is 2. The molecular weight excluding hydrogens is 206 g/mol. The Hall–Kier alpha value is -0.940. The van der Waals surface area contributed by atoms with E-state index in [-0.39, 0.29) is 6.04 Å². The maximum atomic E-state index is 6.00. The molecule has 2 heterocycles. The Kier molecular flexibility index (Phi) is 2.65. The molecule has 2 aliphatic rings. The van der Waals surface area contributed by atoms with Gasteiger partial charge in [0.1, 0.15) is 0 Å². The minimum Gasteiger partial charge on any atom is -0.381 e. The SMILES string of the molecule is NC(c1nc(CC2CCOC2)no1)C1CC1. The molecule has 16 heavy (non-hydrogen) atoms. The van der Waals surface area contributed by atoms with Crippen molar-refractivity contribution < 1.29 is 9.26 Å². The summed E-state index contributed by atoms with van der Waals surface area (Å²) in [4.78, 5) is 4.38. The molecule has 2 fully saturated rings. The van der Waals surface area contributed by atoms with Crippen LogP contribution in [0, 0.1) is 11.8 Å². The Balaban J connectivity index is 1.62. The second kappa shape index (κ2) is 4.14. The van der Waals surface area contributed by atoms with Crippen LogP contribution in [0.25, 0.3) is 0 Å². The highest BCUT2D eigenvalue weighted by atomic mass is 16.5. The zero-order chi connectivity index (χ0) is 11.0. The summed E-state index contributed by atoms with van der Waals surface area (Å²) in [7, 11) is 0. The summed E-state index contributed by atoms with van der Waals surface area (Å²) >= 11 is 0. The van der Waals surface area contributed by atoms with Crippen LogP contribution >= 0.6 is 0 Å². The van der Waals surface area contributed by atoms with Gasteiger partial charge in [0.25, 0.3) is 0 Å². The van der Waals surface area contributed by atoms with Gasteiger partial charge >= 0.3 is 0 Å². The highest BCUT2D eigenvalue weighted by Crippen LogP contribution is 2.38. The van der Waals surface area contributed by atoms with Crippen LogP contribution in [0.3, 0.4) is 0 Å². The van der Waals surface area contributed by atoms with Gasteiger partial charge < -0.3 is 15.0 Å². The normalized spacial score (nSPS) is 27.2. The molecule has 2 unspecified atom stereocenters. The van der Waals surface area contributed by atoms with Crippen LogP contribution in [0.2, 0.25) is 0 Å². The number of hydrogen-bond donors (Lipinski definition) is 1. The quantitative estimate of drug-likeness (QED) is 0.826. The molecule has 0 spiro atoms. The van der Waals surface area contributed by atoms with Gasteiger partial charge in [0, 0.05) is 19.6 Å². The molecule has 2 atom stereocenters. The largest absolute Gasteiger partial charge is 0.381 e. The van der Waals surface area contributed by atoms with Crippen molar-refractivity contribution in [3.8, 4) is 0 Å². The van der Waals surface area contributed by atoms with Crippen molar-refractivity contribution in [1.82, 2.24) is 10.1 Å². The maximum absolute atomic E-state index is 6.00. The molecule has 3 rings (SSSR count). The molecule has 1 aliphatic carbocycles. The highest BCUT2D eigenvalue weighted by molar-refractivity contribution is 4.99. The molecule has 1 aromatic heterocycles.